The lowest BCUT2D eigenvalue weighted by Gasteiger charge is -2.26. The Morgan fingerprint density at radius 1 is 1.22 bits per heavy atom. The Kier molecular flexibility index (Phi) is 4.83. The predicted octanol–water partition coefficient (Wildman–Crippen LogP) is 3.31. The minimum Gasteiger partial charge on any atom is -0.486 e. The zero-order valence-corrected chi connectivity index (χ0v) is 13.1. The van der Waals surface area contributed by atoms with Crippen LogP contribution >= 0.6 is 11.6 Å². The molecule has 0 radical (unpaired) electrons. The van der Waals surface area contributed by atoms with Gasteiger partial charge in [0.15, 0.2) is 11.5 Å². The first kappa shape index (κ1) is 15.4. The van der Waals surface area contributed by atoms with E-state index in [4.69, 9.17) is 21.1 Å². The Balaban J connectivity index is 1.50. The van der Waals surface area contributed by atoms with Gasteiger partial charge in [0.2, 0.25) is 5.91 Å². The SMILES string of the molecule is O=C(/C=C/c1cccc(Cl)c1)NCC1COc2ccccc2O1. The fourth-order valence-corrected chi connectivity index (χ4v) is 2.42. The molecule has 2 aromatic rings. The zero-order valence-electron chi connectivity index (χ0n) is 12.4. The van der Waals surface area contributed by atoms with Gasteiger partial charge in [-0.3, -0.25) is 4.79 Å². The van der Waals surface area contributed by atoms with Gasteiger partial charge in [0.1, 0.15) is 12.7 Å². The number of amides is 1. The lowest BCUT2D eigenvalue weighted by atomic mass is 10.2. The maximum atomic E-state index is 11.9. The lowest BCUT2D eigenvalue weighted by molar-refractivity contribution is -0.116. The number of hydrogen-bond acceptors (Lipinski definition) is 3. The molecule has 5 heteroatoms. The first-order chi connectivity index (χ1) is 11.2. The second-order valence-corrected chi connectivity index (χ2v) is 5.57. The van der Waals surface area contributed by atoms with E-state index in [2.05, 4.69) is 5.32 Å². The van der Waals surface area contributed by atoms with Gasteiger partial charge in [-0.05, 0) is 35.9 Å². The van der Waals surface area contributed by atoms with Crippen LogP contribution in [0.5, 0.6) is 11.5 Å². The van der Waals surface area contributed by atoms with E-state index in [0.717, 1.165) is 11.3 Å². The van der Waals surface area contributed by atoms with Crippen molar-refractivity contribution in [2.45, 2.75) is 6.10 Å². The van der Waals surface area contributed by atoms with Crippen LogP contribution in [0.15, 0.2) is 54.6 Å². The van der Waals surface area contributed by atoms with Gasteiger partial charge in [-0.15, -0.1) is 0 Å². The number of halogens is 1. The molecule has 0 fully saturated rings. The van der Waals surface area contributed by atoms with Gasteiger partial charge >= 0.3 is 0 Å². The molecular formula is C18H16ClNO3. The number of carbonyl (C=O) groups excluding carboxylic acids is 1. The number of rotatable bonds is 4. The smallest absolute Gasteiger partial charge is 0.244 e. The number of benzene rings is 2. The summed E-state index contributed by atoms with van der Waals surface area (Å²) in [7, 11) is 0. The Hall–Kier alpha value is -2.46. The highest BCUT2D eigenvalue weighted by Gasteiger charge is 2.20. The largest absolute Gasteiger partial charge is 0.486 e. The summed E-state index contributed by atoms with van der Waals surface area (Å²) in [5.41, 5.74) is 0.874. The van der Waals surface area contributed by atoms with Crippen LogP contribution in [-0.4, -0.2) is 25.2 Å². The molecule has 0 aromatic heterocycles. The van der Waals surface area contributed by atoms with E-state index in [1.807, 2.05) is 36.4 Å². The monoisotopic (exact) mass is 329 g/mol. The van der Waals surface area contributed by atoms with Gasteiger partial charge in [0, 0.05) is 11.1 Å². The molecule has 1 heterocycles. The van der Waals surface area contributed by atoms with Gasteiger partial charge < -0.3 is 14.8 Å². The Labute approximate surface area is 139 Å². The summed E-state index contributed by atoms with van der Waals surface area (Å²) in [6, 6.07) is 14.8. The third-order valence-electron chi connectivity index (χ3n) is 3.35. The summed E-state index contributed by atoms with van der Waals surface area (Å²) in [5.74, 6) is 1.25. The molecule has 1 aliphatic rings. The standard InChI is InChI=1S/C18H16ClNO3/c19-14-5-3-4-13(10-14)8-9-18(21)20-11-15-12-22-16-6-1-2-7-17(16)23-15/h1-10,15H,11-12H2,(H,20,21)/b9-8+. The summed E-state index contributed by atoms with van der Waals surface area (Å²) >= 11 is 5.90. The molecule has 4 nitrogen and oxygen atoms in total. The van der Waals surface area contributed by atoms with Crippen LogP contribution < -0.4 is 14.8 Å². The first-order valence-corrected chi connectivity index (χ1v) is 7.68. The minimum atomic E-state index is -0.201. The van der Waals surface area contributed by atoms with Crippen molar-refractivity contribution < 1.29 is 14.3 Å². The molecule has 1 atom stereocenters. The highest BCUT2D eigenvalue weighted by atomic mass is 35.5. The molecule has 0 spiro atoms. The van der Waals surface area contributed by atoms with Crippen molar-refractivity contribution in [3.05, 3.63) is 65.2 Å². The van der Waals surface area contributed by atoms with Crippen LogP contribution in [0.1, 0.15) is 5.56 Å². The van der Waals surface area contributed by atoms with Gasteiger partial charge in [0.05, 0.1) is 6.54 Å². The summed E-state index contributed by atoms with van der Waals surface area (Å²) in [6.45, 7) is 0.794. The number of nitrogens with one attached hydrogen (secondary N) is 1. The maximum Gasteiger partial charge on any atom is 0.244 e. The maximum absolute atomic E-state index is 11.9. The van der Waals surface area contributed by atoms with Crippen molar-refractivity contribution in [3.8, 4) is 11.5 Å². The van der Waals surface area contributed by atoms with E-state index < -0.39 is 0 Å². The second-order valence-electron chi connectivity index (χ2n) is 5.13. The third-order valence-corrected chi connectivity index (χ3v) is 3.58. The number of carbonyl (C=O) groups is 1. The number of ether oxygens (including phenoxy) is 2. The van der Waals surface area contributed by atoms with Crippen LogP contribution in [0.4, 0.5) is 0 Å². The van der Waals surface area contributed by atoms with Crippen LogP contribution in [0.3, 0.4) is 0 Å². The molecule has 1 aliphatic heterocycles. The molecule has 0 saturated heterocycles. The summed E-state index contributed by atoms with van der Waals surface area (Å²) in [6.07, 6.45) is 2.99. The Morgan fingerprint density at radius 2 is 2.04 bits per heavy atom. The molecular weight excluding hydrogens is 314 g/mol. The molecule has 0 saturated carbocycles. The average Bonchev–Trinajstić information content (AvgIpc) is 2.58. The number of hydrogen-bond donors (Lipinski definition) is 1. The fraction of sp³-hybridized carbons (Fsp3) is 0.167. The van der Waals surface area contributed by atoms with Gasteiger partial charge in [-0.1, -0.05) is 35.9 Å². The third kappa shape index (κ3) is 4.27. The molecule has 0 bridgehead atoms. The molecule has 0 aliphatic carbocycles. The molecule has 118 valence electrons. The van der Waals surface area contributed by atoms with E-state index in [-0.39, 0.29) is 12.0 Å². The summed E-state index contributed by atoms with van der Waals surface area (Å²) in [5, 5.41) is 3.44. The van der Waals surface area contributed by atoms with Crippen molar-refractivity contribution in [2.24, 2.45) is 0 Å². The molecule has 3 rings (SSSR count). The van der Waals surface area contributed by atoms with Crippen molar-refractivity contribution >= 4 is 23.6 Å². The first-order valence-electron chi connectivity index (χ1n) is 7.31. The van der Waals surface area contributed by atoms with E-state index in [1.165, 1.54) is 6.08 Å². The quantitative estimate of drug-likeness (QED) is 0.875. The molecule has 2 aromatic carbocycles. The van der Waals surface area contributed by atoms with E-state index in [1.54, 1.807) is 18.2 Å². The molecule has 23 heavy (non-hydrogen) atoms. The van der Waals surface area contributed by atoms with E-state index in [9.17, 15) is 4.79 Å². The van der Waals surface area contributed by atoms with Gasteiger partial charge in [-0.2, -0.15) is 0 Å². The summed E-state index contributed by atoms with van der Waals surface area (Å²) in [4.78, 5) is 11.9. The van der Waals surface area contributed by atoms with Crippen molar-refractivity contribution in [1.29, 1.82) is 0 Å². The minimum absolute atomic E-state index is 0.188. The highest BCUT2D eigenvalue weighted by molar-refractivity contribution is 6.30. The van der Waals surface area contributed by atoms with Crippen LogP contribution in [0.25, 0.3) is 6.08 Å². The van der Waals surface area contributed by atoms with E-state index >= 15 is 0 Å². The second kappa shape index (κ2) is 7.20. The van der Waals surface area contributed by atoms with Crippen LogP contribution in [-0.2, 0) is 4.79 Å². The van der Waals surface area contributed by atoms with Crippen LogP contribution in [0.2, 0.25) is 5.02 Å². The highest BCUT2D eigenvalue weighted by Crippen LogP contribution is 2.30. The fourth-order valence-electron chi connectivity index (χ4n) is 2.22. The van der Waals surface area contributed by atoms with Crippen molar-refractivity contribution in [1.82, 2.24) is 5.32 Å². The molecule has 1 amide bonds. The van der Waals surface area contributed by atoms with Gasteiger partial charge in [-0.25, -0.2) is 0 Å². The Morgan fingerprint density at radius 3 is 2.87 bits per heavy atom. The van der Waals surface area contributed by atoms with Crippen molar-refractivity contribution in [3.63, 3.8) is 0 Å². The number of para-hydroxylation sites is 2. The zero-order chi connectivity index (χ0) is 16.1. The topological polar surface area (TPSA) is 47.6 Å². The van der Waals surface area contributed by atoms with E-state index in [0.29, 0.717) is 23.9 Å². The molecule has 1 unspecified atom stereocenters. The lowest BCUT2D eigenvalue weighted by Crippen LogP contribution is -2.40. The number of fused-ring (bicyclic) bond motifs is 1. The average molecular weight is 330 g/mol. The summed E-state index contributed by atoms with van der Waals surface area (Å²) < 4.78 is 11.4. The normalized spacial score (nSPS) is 16.3. The van der Waals surface area contributed by atoms with Gasteiger partial charge in [0.25, 0.3) is 0 Å². The predicted molar refractivity (Wildman–Crippen MR) is 89.8 cm³/mol. The molecule has 1 N–H and O–H groups in total. The van der Waals surface area contributed by atoms with Crippen molar-refractivity contribution in [2.75, 3.05) is 13.2 Å². The Bertz CT molecular complexity index is 730. The van der Waals surface area contributed by atoms with Crippen LogP contribution in [0, 0.1) is 0 Å².